The van der Waals surface area contributed by atoms with Crippen LogP contribution in [-0.2, 0) is 15.9 Å². The van der Waals surface area contributed by atoms with Crippen molar-refractivity contribution in [2.24, 2.45) is 0 Å². The molecule has 8 nitrogen and oxygen atoms in total. The number of hydrogen-bond acceptors (Lipinski definition) is 6. The highest BCUT2D eigenvalue weighted by atomic mass is 16.5. The van der Waals surface area contributed by atoms with Crippen LogP contribution in [0.2, 0.25) is 0 Å². The van der Waals surface area contributed by atoms with Crippen LogP contribution in [0.4, 0.5) is 5.69 Å². The van der Waals surface area contributed by atoms with Crippen molar-refractivity contribution in [1.29, 1.82) is 0 Å². The van der Waals surface area contributed by atoms with Crippen molar-refractivity contribution in [2.75, 3.05) is 19.5 Å². The maximum absolute atomic E-state index is 13.0. The Morgan fingerprint density at radius 2 is 1.68 bits per heavy atom. The van der Waals surface area contributed by atoms with E-state index in [1.54, 1.807) is 12.3 Å². The first-order chi connectivity index (χ1) is 14.8. The molecule has 31 heavy (non-hydrogen) atoms. The van der Waals surface area contributed by atoms with E-state index in [1.165, 1.54) is 32.4 Å². The topological polar surface area (TPSA) is 104 Å². The molecule has 1 N–H and O–H groups in total. The van der Waals surface area contributed by atoms with Gasteiger partial charge < -0.3 is 19.4 Å². The smallest absolute Gasteiger partial charge is 0.337 e. The lowest BCUT2D eigenvalue weighted by Gasteiger charge is -2.13. The minimum Gasteiger partial charge on any atom is -0.465 e. The number of esters is 2. The van der Waals surface area contributed by atoms with Crippen LogP contribution in [0.5, 0.6) is 0 Å². The quantitative estimate of drug-likeness (QED) is 0.651. The summed E-state index contributed by atoms with van der Waals surface area (Å²) in [5.74, 6) is -2.00. The van der Waals surface area contributed by atoms with Crippen LogP contribution in [0.3, 0.4) is 0 Å². The SMILES string of the molecule is COC(=O)c1cc(NC(=O)c2cn3c4c(cccc4c2=O)CC3C)cc(C(=O)OC)c1. The third-order valence-corrected chi connectivity index (χ3v) is 5.40. The summed E-state index contributed by atoms with van der Waals surface area (Å²) in [5, 5.41) is 3.10. The van der Waals surface area contributed by atoms with Gasteiger partial charge in [0.25, 0.3) is 5.91 Å². The van der Waals surface area contributed by atoms with E-state index in [9.17, 15) is 19.2 Å². The van der Waals surface area contributed by atoms with Gasteiger partial charge in [-0.2, -0.15) is 0 Å². The molecule has 0 radical (unpaired) electrons. The highest BCUT2D eigenvalue weighted by Gasteiger charge is 2.25. The van der Waals surface area contributed by atoms with Crippen LogP contribution >= 0.6 is 0 Å². The van der Waals surface area contributed by atoms with Crippen LogP contribution in [-0.4, -0.2) is 36.6 Å². The molecule has 1 atom stereocenters. The molecule has 1 unspecified atom stereocenters. The second-order valence-corrected chi connectivity index (χ2v) is 7.38. The van der Waals surface area contributed by atoms with E-state index < -0.39 is 17.8 Å². The molecule has 0 bridgehead atoms. The standard InChI is InChI=1S/C23H20N2O6/c1-12-7-13-5-4-6-17-19(13)25(12)11-18(20(17)26)21(27)24-16-9-14(22(28)30-2)8-15(10-16)23(29)31-3/h4-6,8-12H,7H2,1-3H3,(H,24,27). The van der Waals surface area contributed by atoms with Crippen molar-refractivity contribution in [1.82, 2.24) is 4.57 Å². The van der Waals surface area contributed by atoms with Crippen molar-refractivity contribution in [3.63, 3.8) is 0 Å². The number of ether oxygens (including phenoxy) is 2. The van der Waals surface area contributed by atoms with E-state index in [-0.39, 0.29) is 33.8 Å². The number of nitrogens with one attached hydrogen (secondary N) is 1. The molecule has 0 aliphatic carbocycles. The Morgan fingerprint density at radius 3 is 2.29 bits per heavy atom. The van der Waals surface area contributed by atoms with Gasteiger partial charge in [0.2, 0.25) is 5.43 Å². The second kappa shape index (κ2) is 7.71. The van der Waals surface area contributed by atoms with Gasteiger partial charge in [0.1, 0.15) is 5.56 Å². The van der Waals surface area contributed by atoms with Gasteiger partial charge in [0.05, 0.1) is 30.9 Å². The van der Waals surface area contributed by atoms with Gasteiger partial charge in [-0.05, 0) is 43.2 Å². The van der Waals surface area contributed by atoms with Crippen molar-refractivity contribution < 1.29 is 23.9 Å². The Labute approximate surface area is 177 Å². The van der Waals surface area contributed by atoms with Crippen LogP contribution in [0.1, 0.15) is 49.6 Å². The molecule has 4 rings (SSSR count). The first-order valence-electron chi connectivity index (χ1n) is 9.64. The summed E-state index contributed by atoms with van der Waals surface area (Å²) in [5.41, 5.74) is 1.80. The van der Waals surface area contributed by atoms with E-state index in [1.807, 2.05) is 23.6 Å². The Kier molecular flexibility index (Phi) is 5.06. The Hall–Kier alpha value is -3.94. The van der Waals surface area contributed by atoms with E-state index in [0.717, 1.165) is 17.5 Å². The Balaban J connectivity index is 1.77. The van der Waals surface area contributed by atoms with Crippen molar-refractivity contribution in [2.45, 2.75) is 19.4 Å². The molecule has 3 aromatic rings. The summed E-state index contributed by atoms with van der Waals surface area (Å²) >= 11 is 0. The number of aromatic nitrogens is 1. The summed E-state index contributed by atoms with van der Waals surface area (Å²) in [4.78, 5) is 50.0. The molecular weight excluding hydrogens is 400 g/mol. The van der Waals surface area contributed by atoms with Gasteiger partial charge in [-0.1, -0.05) is 12.1 Å². The highest BCUT2D eigenvalue weighted by Crippen LogP contribution is 2.31. The van der Waals surface area contributed by atoms with Gasteiger partial charge in [-0.25, -0.2) is 9.59 Å². The predicted octanol–water partition coefficient (Wildman–Crippen LogP) is 2.94. The molecule has 0 saturated heterocycles. The number of anilines is 1. The van der Waals surface area contributed by atoms with Gasteiger partial charge >= 0.3 is 11.9 Å². The van der Waals surface area contributed by atoms with Crippen LogP contribution in [0, 0.1) is 0 Å². The van der Waals surface area contributed by atoms with Crippen LogP contribution in [0.15, 0.2) is 47.4 Å². The molecule has 1 aliphatic rings. The molecule has 1 amide bonds. The number of para-hydroxylation sites is 1. The number of carbonyl (C=O) groups excluding carboxylic acids is 3. The Morgan fingerprint density at radius 1 is 1.03 bits per heavy atom. The van der Waals surface area contributed by atoms with Crippen molar-refractivity contribution >= 4 is 34.4 Å². The fourth-order valence-corrected chi connectivity index (χ4v) is 3.95. The number of pyridine rings is 1. The van der Waals surface area contributed by atoms with E-state index in [4.69, 9.17) is 9.47 Å². The van der Waals surface area contributed by atoms with Gasteiger partial charge in [0.15, 0.2) is 0 Å². The average molecular weight is 420 g/mol. The third kappa shape index (κ3) is 3.46. The minimum absolute atomic E-state index is 0.0264. The maximum atomic E-state index is 13.0. The number of carbonyl (C=O) groups is 3. The molecule has 158 valence electrons. The number of methoxy groups -OCH3 is 2. The monoisotopic (exact) mass is 420 g/mol. The largest absolute Gasteiger partial charge is 0.465 e. The van der Waals surface area contributed by atoms with E-state index in [2.05, 4.69) is 5.32 Å². The summed E-state index contributed by atoms with van der Waals surface area (Å²) in [6.07, 6.45) is 2.35. The molecule has 1 aromatic heterocycles. The minimum atomic E-state index is -0.679. The first kappa shape index (κ1) is 20.3. The fourth-order valence-electron chi connectivity index (χ4n) is 3.95. The summed E-state index contributed by atoms with van der Waals surface area (Å²) in [7, 11) is 2.42. The maximum Gasteiger partial charge on any atom is 0.337 e. The Bertz CT molecular complexity index is 1270. The second-order valence-electron chi connectivity index (χ2n) is 7.38. The van der Waals surface area contributed by atoms with Gasteiger partial charge in [-0.15, -0.1) is 0 Å². The van der Waals surface area contributed by atoms with Crippen molar-refractivity contribution in [3.05, 3.63) is 75.1 Å². The van der Waals surface area contributed by atoms with Crippen LogP contribution < -0.4 is 10.7 Å². The lowest BCUT2D eigenvalue weighted by Crippen LogP contribution is -2.24. The molecule has 0 fully saturated rings. The molecule has 8 heteroatoms. The summed E-state index contributed by atoms with van der Waals surface area (Å²) in [6, 6.07) is 9.66. The fraction of sp³-hybridized carbons (Fsp3) is 0.217. The zero-order chi connectivity index (χ0) is 22.3. The predicted molar refractivity (Wildman–Crippen MR) is 114 cm³/mol. The first-order valence-corrected chi connectivity index (χ1v) is 9.64. The summed E-state index contributed by atoms with van der Waals surface area (Å²) in [6.45, 7) is 2.02. The number of rotatable bonds is 4. The number of benzene rings is 2. The van der Waals surface area contributed by atoms with E-state index in [0.29, 0.717) is 5.39 Å². The molecule has 0 saturated carbocycles. The van der Waals surface area contributed by atoms with E-state index >= 15 is 0 Å². The third-order valence-electron chi connectivity index (χ3n) is 5.40. The lowest BCUT2D eigenvalue weighted by molar-refractivity contribution is 0.0599. The van der Waals surface area contributed by atoms with Gasteiger partial charge in [-0.3, -0.25) is 9.59 Å². The zero-order valence-electron chi connectivity index (χ0n) is 17.2. The molecule has 2 heterocycles. The van der Waals surface area contributed by atoms with Crippen LogP contribution in [0.25, 0.3) is 10.9 Å². The zero-order valence-corrected chi connectivity index (χ0v) is 17.2. The van der Waals surface area contributed by atoms with Crippen molar-refractivity contribution in [3.8, 4) is 0 Å². The highest BCUT2D eigenvalue weighted by molar-refractivity contribution is 6.07. The molecule has 2 aromatic carbocycles. The average Bonchev–Trinajstić information content (AvgIpc) is 3.10. The molecule has 1 aliphatic heterocycles. The molecule has 0 spiro atoms. The number of hydrogen-bond donors (Lipinski definition) is 1. The lowest BCUT2D eigenvalue weighted by atomic mass is 10.1. The summed E-state index contributed by atoms with van der Waals surface area (Å²) < 4.78 is 11.4. The number of nitrogens with zero attached hydrogens (tertiary/aromatic N) is 1. The number of amides is 1. The van der Waals surface area contributed by atoms with Gasteiger partial charge in [0, 0.05) is 23.3 Å². The normalized spacial score (nSPS) is 14.4. The molecular formula is C23H20N2O6.